The van der Waals surface area contributed by atoms with Gasteiger partial charge in [-0.2, -0.15) is 0 Å². The van der Waals surface area contributed by atoms with Crippen LogP contribution in [0.2, 0.25) is 0 Å². The molecule has 3 rings (SSSR count). The first kappa shape index (κ1) is 18.8. The maximum Gasteiger partial charge on any atom is 0.241 e. The molecule has 1 aliphatic rings. The molecular weight excluding hydrogens is 374 g/mol. The second kappa shape index (κ2) is 6.99. The third-order valence-electron chi connectivity index (χ3n) is 4.49. The Morgan fingerprint density at radius 2 is 1.58 bits per heavy atom. The Morgan fingerprint density at radius 1 is 0.962 bits per heavy atom. The molecule has 2 aromatic carbocycles. The maximum atomic E-state index is 12.7. The predicted octanol–water partition coefficient (Wildman–Crippen LogP) is 1.53. The molecule has 1 atom stereocenters. The van der Waals surface area contributed by atoms with Crippen molar-refractivity contribution in [2.45, 2.75) is 35.1 Å². The Kier molecular flexibility index (Phi) is 5.07. The van der Waals surface area contributed by atoms with E-state index in [4.69, 9.17) is 5.73 Å². The number of fused-ring (bicyclic) bond motifs is 1. The minimum Gasteiger partial charge on any atom is -0.399 e. The SMILES string of the molecule is CNS(=O)(=O)c1ccc(S(=O)(=O)NC2CCCc3cc(N)ccc32)cc1. The Hall–Kier alpha value is -1.94. The van der Waals surface area contributed by atoms with Crippen LogP contribution in [0.1, 0.15) is 30.0 Å². The van der Waals surface area contributed by atoms with Crippen molar-refractivity contribution in [3.8, 4) is 0 Å². The molecule has 0 amide bonds. The summed E-state index contributed by atoms with van der Waals surface area (Å²) >= 11 is 0. The van der Waals surface area contributed by atoms with E-state index < -0.39 is 20.0 Å². The summed E-state index contributed by atoms with van der Waals surface area (Å²) in [5.74, 6) is 0. The fourth-order valence-electron chi connectivity index (χ4n) is 3.13. The molecule has 0 aromatic heterocycles. The molecule has 0 aliphatic heterocycles. The Morgan fingerprint density at radius 3 is 2.19 bits per heavy atom. The number of rotatable bonds is 5. The van der Waals surface area contributed by atoms with Crippen molar-refractivity contribution >= 4 is 25.7 Å². The summed E-state index contributed by atoms with van der Waals surface area (Å²) in [6, 6.07) is 10.3. The summed E-state index contributed by atoms with van der Waals surface area (Å²) in [6.07, 6.45) is 2.43. The maximum absolute atomic E-state index is 12.7. The highest BCUT2D eigenvalue weighted by Gasteiger charge is 2.26. The van der Waals surface area contributed by atoms with Crippen molar-refractivity contribution in [2.75, 3.05) is 12.8 Å². The van der Waals surface area contributed by atoms with Gasteiger partial charge >= 0.3 is 0 Å². The molecule has 1 unspecified atom stereocenters. The van der Waals surface area contributed by atoms with E-state index in [1.54, 1.807) is 6.07 Å². The van der Waals surface area contributed by atoms with Gasteiger partial charge in [0.15, 0.2) is 0 Å². The van der Waals surface area contributed by atoms with Crippen LogP contribution in [-0.2, 0) is 26.5 Å². The minimum absolute atomic E-state index is 0.0115. The Bertz CT molecular complexity index is 1020. The van der Waals surface area contributed by atoms with Crippen LogP contribution in [-0.4, -0.2) is 23.9 Å². The lowest BCUT2D eigenvalue weighted by atomic mass is 9.88. The highest BCUT2D eigenvalue weighted by molar-refractivity contribution is 7.90. The highest BCUT2D eigenvalue weighted by atomic mass is 32.2. The van der Waals surface area contributed by atoms with E-state index in [0.29, 0.717) is 12.1 Å². The first-order valence-electron chi connectivity index (χ1n) is 8.17. The van der Waals surface area contributed by atoms with E-state index in [1.807, 2.05) is 12.1 Å². The normalized spacial score (nSPS) is 17.7. The summed E-state index contributed by atoms with van der Waals surface area (Å²) < 4.78 is 53.8. The lowest BCUT2D eigenvalue weighted by Gasteiger charge is -2.26. The number of benzene rings is 2. The van der Waals surface area contributed by atoms with Gasteiger partial charge in [0.05, 0.1) is 9.79 Å². The molecule has 0 spiro atoms. The monoisotopic (exact) mass is 395 g/mol. The van der Waals surface area contributed by atoms with Crippen LogP contribution < -0.4 is 15.2 Å². The summed E-state index contributed by atoms with van der Waals surface area (Å²) in [7, 11) is -6.09. The number of nitrogens with one attached hydrogen (secondary N) is 2. The lowest BCUT2D eigenvalue weighted by molar-refractivity contribution is 0.507. The van der Waals surface area contributed by atoms with E-state index in [2.05, 4.69) is 9.44 Å². The van der Waals surface area contributed by atoms with Crippen molar-refractivity contribution in [1.29, 1.82) is 0 Å². The van der Waals surface area contributed by atoms with Crippen molar-refractivity contribution < 1.29 is 16.8 Å². The van der Waals surface area contributed by atoms with Gasteiger partial charge in [0, 0.05) is 11.7 Å². The average Bonchev–Trinajstić information content (AvgIpc) is 2.61. The second-order valence-electron chi connectivity index (χ2n) is 6.20. The fourth-order valence-corrected chi connectivity index (χ4v) is 5.11. The van der Waals surface area contributed by atoms with E-state index in [-0.39, 0.29) is 15.8 Å². The molecule has 2 aromatic rings. The molecule has 0 bridgehead atoms. The second-order valence-corrected chi connectivity index (χ2v) is 9.80. The standard InChI is InChI=1S/C17H21N3O4S2/c1-19-25(21,22)14-6-8-15(9-7-14)26(23,24)20-17-4-2-3-12-11-13(18)5-10-16(12)17/h5-11,17,19-20H,2-4,18H2,1H3. The highest BCUT2D eigenvalue weighted by Crippen LogP contribution is 2.32. The molecule has 0 radical (unpaired) electrons. The number of nitrogens with two attached hydrogens (primary N) is 1. The van der Waals surface area contributed by atoms with Gasteiger partial charge < -0.3 is 5.73 Å². The summed E-state index contributed by atoms with van der Waals surface area (Å²) in [4.78, 5) is 0.0348. The van der Waals surface area contributed by atoms with Gasteiger partial charge in [-0.1, -0.05) is 6.07 Å². The van der Waals surface area contributed by atoms with Crippen LogP contribution in [0.5, 0.6) is 0 Å². The first-order chi connectivity index (χ1) is 12.2. The number of hydrogen-bond acceptors (Lipinski definition) is 5. The molecule has 7 nitrogen and oxygen atoms in total. The summed E-state index contributed by atoms with van der Waals surface area (Å²) in [6.45, 7) is 0. The van der Waals surface area contributed by atoms with Crippen molar-refractivity contribution in [3.63, 3.8) is 0 Å². The zero-order chi connectivity index (χ0) is 18.9. The quantitative estimate of drug-likeness (QED) is 0.664. The molecule has 1 aliphatic carbocycles. The minimum atomic E-state index is -3.78. The fraction of sp³-hybridized carbons (Fsp3) is 0.294. The van der Waals surface area contributed by atoms with Gasteiger partial charge in [0.2, 0.25) is 20.0 Å². The molecule has 140 valence electrons. The number of aryl methyl sites for hydroxylation is 1. The summed E-state index contributed by atoms with van der Waals surface area (Å²) in [5.41, 5.74) is 8.46. The van der Waals surface area contributed by atoms with E-state index >= 15 is 0 Å². The van der Waals surface area contributed by atoms with E-state index in [9.17, 15) is 16.8 Å². The Balaban J connectivity index is 1.87. The number of nitrogen functional groups attached to an aromatic ring is 1. The molecule has 0 heterocycles. The molecule has 0 saturated carbocycles. The molecule has 9 heteroatoms. The number of anilines is 1. The van der Waals surface area contributed by atoms with Crippen LogP contribution in [0.3, 0.4) is 0 Å². The number of sulfonamides is 2. The zero-order valence-corrected chi connectivity index (χ0v) is 15.9. The van der Waals surface area contributed by atoms with Crippen LogP contribution in [0, 0.1) is 0 Å². The molecule has 0 saturated heterocycles. The van der Waals surface area contributed by atoms with Crippen molar-refractivity contribution in [3.05, 3.63) is 53.6 Å². The average molecular weight is 396 g/mol. The van der Waals surface area contributed by atoms with Crippen molar-refractivity contribution in [1.82, 2.24) is 9.44 Å². The van der Waals surface area contributed by atoms with Crippen LogP contribution in [0.15, 0.2) is 52.3 Å². The largest absolute Gasteiger partial charge is 0.399 e. The third-order valence-corrected chi connectivity index (χ3v) is 7.41. The molecule has 26 heavy (non-hydrogen) atoms. The van der Waals surface area contributed by atoms with E-state index in [1.165, 1.54) is 31.3 Å². The van der Waals surface area contributed by atoms with Crippen LogP contribution in [0.25, 0.3) is 0 Å². The molecule has 4 N–H and O–H groups in total. The molecular formula is C17H21N3O4S2. The lowest BCUT2D eigenvalue weighted by Crippen LogP contribution is -2.31. The first-order valence-corrected chi connectivity index (χ1v) is 11.1. The van der Waals surface area contributed by atoms with Gasteiger partial charge in [-0.25, -0.2) is 26.3 Å². The van der Waals surface area contributed by atoms with Crippen molar-refractivity contribution in [2.24, 2.45) is 0 Å². The third kappa shape index (κ3) is 3.75. The smallest absolute Gasteiger partial charge is 0.241 e. The molecule has 0 fully saturated rings. The van der Waals surface area contributed by atoms with Crippen LogP contribution in [0.4, 0.5) is 5.69 Å². The van der Waals surface area contributed by atoms with Gasteiger partial charge in [-0.15, -0.1) is 0 Å². The van der Waals surface area contributed by atoms with E-state index in [0.717, 1.165) is 24.0 Å². The summed E-state index contributed by atoms with van der Waals surface area (Å²) in [5, 5.41) is 0. The van der Waals surface area contributed by atoms with Gasteiger partial charge in [0.1, 0.15) is 0 Å². The predicted molar refractivity (Wildman–Crippen MR) is 99.5 cm³/mol. The number of hydrogen-bond donors (Lipinski definition) is 3. The van der Waals surface area contributed by atoms with Crippen LogP contribution >= 0.6 is 0 Å². The Labute approximate surface area is 153 Å². The van der Waals surface area contributed by atoms with Gasteiger partial charge in [0.25, 0.3) is 0 Å². The zero-order valence-electron chi connectivity index (χ0n) is 14.3. The van der Waals surface area contributed by atoms with Gasteiger partial charge in [-0.3, -0.25) is 0 Å². The topological polar surface area (TPSA) is 118 Å². The van der Waals surface area contributed by atoms with Gasteiger partial charge in [-0.05, 0) is 73.8 Å².